The summed E-state index contributed by atoms with van der Waals surface area (Å²) in [7, 11) is 1.79. The second-order valence-corrected chi connectivity index (χ2v) is 30.6. The second-order valence-electron chi connectivity index (χ2n) is 28.7. The van der Waals surface area contributed by atoms with Gasteiger partial charge in [0.2, 0.25) is 23.6 Å². The highest BCUT2D eigenvalue weighted by atomic mass is 127. The van der Waals surface area contributed by atoms with Crippen molar-refractivity contribution >= 4 is 63.6 Å². The van der Waals surface area contributed by atoms with Crippen molar-refractivity contribution in [1.82, 2.24) is 30.2 Å². The van der Waals surface area contributed by atoms with Crippen LogP contribution in [0.2, 0.25) is 0 Å². The Kier molecular flexibility index (Phi) is 26.2. The molecule has 4 aromatic rings. The minimum absolute atomic E-state index is 0.00108. The number of esters is 1. The molecule has 0 unspecified atom stereocenters. The third-order valence-electron chi connectivity index (χ3n) is 21.4. The van der Waals surface area contributed by atoms with E-state index >= 15 is 0 Å². The molecule has 508 valence electrons. The number of carboxylic acid groups (broad SMARTS) is 1. The van der Waals surface area contributed by atoms with E-state index in [9.17, 15) is 28.8 Å². The maximum Gasteiger partial charge on any atom is 0.338 e. The molecule has 0 aromatic heterocycles. The maximum atomic E-state index is 13.0. The highest BCUT2D eigenvalue weighted by Gasteiger charge is 2.53. The van der Waals surface area contributed by atoms with E-state index in [-0.39, 0.29) is 59.1 Å². The molecule has 17 nitrogen and oxygen atoms in total. The Bertz CT molecular complexity index is 3110. The number of hydrogen-bond donors (Lipinski definition) is 3. The smallest absolute Gasteiger partial charge is 0.338 e. The lowest BCUT2D eigenvalue weighted by Gasteiger charge is -2.56. The number of piperazine rings is 2. The van der Waals surface area contributed by atoms with Crippen LogP contribution < -0.4 is 20.1 Å². The number of aromatic carboxylic acids is 1. The van der Waals surface area contributed by atoms with E-state index in [4.69, 9.17) is 19.3 Å². The number of ether oxygens (including phenoxy) is 3. The summed E-state index contributed by atoms with van der Waals surface area (Å²) in [5.74, 6) is 5.49. The van der Waals surface area contributed by atoms with Gasteiger partial charge in [0.15, 0.2) is 0 Å². The van der Waals surface area contributed by atoms with Crippen molar-refractivity contribution in [2.24, 2.45) is 51.1 Å². The van der Waals surface area contributed by atoms with Crippen LogP contribution in [0.15, 0.2) is 102 Å². The van der Waals surface area contributed by atoms with Crippen molar-refractivity contribution in [2.45, 2.75) is 162 Å². The molecule has 2 saturated heterocycles. The average molecular weight is 1420 g/mol. The van der Waals surface area contributed by atoms with Gasteiger partial charge in [-0.2, -0.15) is 0 Å². The van der Waals surface area contributed by atoms with Crippen LogP contribution in [0.4, 0.5) is 0 Å². The van der Waals surface area contributed by atoms with Gasteiger partial charge >= 0.3 is 11.9 Å². The molecule has 3 N–H and O–H groups in total. The molecule has 10 aliphatic rings. The highest BCUT2D eigenvalue weighted by Crippen LogP contribution is 2.62. The SMILES string of the molecule is CCCCCCCCOC(=O)c1ccc(COc2ccccc2CN2CCN(C(=O)CNC(=O)CC34CC5CC(CC(C5)C3)C4)CC2)cc1.CN=PI.O=C(CC12CC3CC(CC(C3)C1)C2)NCC(=O)N1CCN(Cc2ccccc2OCc2ccc(C(=O)O)cc2)CC1. The number of hydrogen-bond acceptors (Lipinski definition) is 12. The number of para-hydroxylation sites is 2. The fourth-order valence-corrected chi connectivity index (χ4v) is 17.7. The summed E-state index contributed by atoms with van der Waals surface area (Å²) < 4.78 is 21.5. The molecule has 4 amide bonds. The van der Waals surface area contributed by atoms with Gasteiger partial charge in [-0.3, -0.25) is 33.7 Å². The highest BCUT2D eigenvalue weighted by molar-refractivity contribution is 14.2. The fourth-order valence-electron chi connectivity index (χ4n) is 17.7. The van der Waals surface area contributed by atoms with Crippen molar-refractivity contribution in [1.29, 1.82) is 0 Å². The summed E-state index contributed by atoms with van der Waals surface area (Å²) >= 11 is 2.16. The Morgan fingerprint density at radius 1 is 0.532 bits per heavy atom. The number of unbranched alkanes of at least 4 members (excludes halogenated alkanes) is 5. The van der Waals surface area contributed by atoms with Crippen LogP contribution in [0.25, 0.3) is 0 Å². The quantitative estimate of drug-likeness (QED) is 0.0221. The van der Waals surface area contributed by atoms with Gasteiger partial charge in [0.25, 0.3) is 0 Å². The minimum Gasteiger partial charge on any atom is -0.489 e. The second kappa shape index (κ2) is 34.8. The molecule has 10 fully saturated rings. The molecule has 2 heterocycles. The van der Waals surface area contributed by atoms with Crippen molar-refractivity contribution in [2.75, 3.05) is 79.1 Å². The molecule has 0 atom stereocenters. The number of nitrogens with zero attached hydrogens (tertiary/aromatic N) is 5. The molecule has 8 bridgehead atoms. The Balaban J connectivity index is 0.000000197. The van der Waals surface area contributed by atoms with E-state index in [2.05, 4.69) is 66.3 Å². The van der Waals surface area contributed by atoms with Gasteiger partial charge < -0.3 is 39.8 Å². The predicted octanol–water partition coefficient (Wildman–Crippen LogP) is 13.6. The summed E-state index contributed by atoms with van der Waals surface area (Å²) in [5, 5.41) is 15.0. The standard InChI is InChI=1S/C41H57N3O5.C33H41N3O5.CH3INP/c1-2-3-4-5-6-9-20-48-40(47)35-14-12-31(13-15-35)30-49-37-11-8-7-10-36(37)29-43-16-18-44(19-17-43)39(46)28-42-38(45)27-41-24-32-21-33(25-41)23-34(22-32)26-41;37-30(19-33-16-24-13-25(17-33)15-26(14-24)18-33)34-20-31(38)36-11-9-35(10-12-36)21-28-3-1-2-4-29(28)41-22-23-5-7-27(8-6-23)32(39)40;1-3-4-2/h7-8,10-15,32-34H,2-6,9,16-30H2,1H3,(H,42,45);1-8,24-26H,9-22H2,(H,34,37)(H,39,40);1H3. The molecule has 14 rings (SSSR count). The number of nitrogens with one attached hydrogen (secondary N) is 2. The monoisotopic (exact) mass is 1420 g/mol. The number of benzene rings is 4. The largest absolute Gasteiger partial charge is 0.489 e. The average Bonchev–Trinajstić information content (AvgIpc) is 0.759. The lowest BCUT2D eigenvalue weighted by Crippen LogP contribution is -2.51. The summed E-state index contributed by atoms with van der Waals surface area (Å²) in [6.07, 6.45) is 23.6. The first-order valence-corrected chi connectivity index (χ1v) is 38.7. The van der Waals surface area contributed by atoms with Crippen molar-refractivity contribution in [3.8, 4) is 11.5 Å². The van der Waals surface area contributed by atoms with Crippen LogP contribution >= 0.6 is 28.1 Å². The van der Waals surface area contributed by atoms with E-state index in [0.29, 0.717) is 64.4 Å². The van der Waals surface area contributed by atoms with Crippen LogP contribution in [-0.4, -0.2) is 139 Å². The first kappa shape index (κ1) is 70.8. The molecule has 0 radical (unpaired) electrons. The summed E-state index contributed by atoms with van der Waals surface area (Å²) in [6.45, 7) is 10.8. The maximum absolute atomic E-state index is 13.0. The van der Waals surface area contributed by atoms with E-state index < -0.39 is 5.97 Å². The first-order valence-electron chi connectivity index (χ1n) is 35.1. The molecule has 4 aromatic carbocycles. The molecule has 19 heteroatoms. The minimum atomic E-state index is -0.943. The third-order valence-corrected chi connectivity index (χ3v) is 22.9. The van der Waals surface area contributed by atoms with E-state index in [1.807, 2.05) is 70.5 Å². The Morgan fingerprint density at radius 2 is 0.904 bits per heavy atom. The van der Waals surface area contributed by atoms with Gasteiger partial charge in [0, 0.05) is 119 Å². The number of carbonyl (C=O) groups excluding carboxylic acids is 5. The number of rotatable bonds is 27. The summed E-state index contributed by atoms with van der Waals surface area (Å²) in [4.78, 5) is 83.7. The Labute approximate surface area is 572 Å². The Hall–Kier alpha value is -5.95. The molecule has 2 aliphatic heterocycles. The van der Waals surface area contributed by atoms with E-state index in [0.717, 1.165) is 127 Å². The van der Waals surface area contributed by atoms with E-state index in [1.165, 1.54) is 103 Å². The van der Waals surface area contributed by atoms with Crippen molar-refractivity contribution in [3.05, 3.63) is 130 Å². The van der Waals surface area contributed by atoms with Crippen LogP contribution in [0.1, 0.15) is 178 Å². The molecule has 8 aliphatic carbocycles. The summed E-state index contributed by atoms with van der Waals surface area (Å²) in [6, 6.07) is 31.3. The zero-order chi connectivity index (χ0) is 65.9. The third kappa shape index (κ3) is 20.5. The van der Waals surface area contributed by atoms with Gasteiger partial charge in [-0.15, -0.1) is 0 Å². The normalized spacial score (nSPS) is 25.0. The lowest BCUT2D eigenvalue weighted by molar-refractivity contribution is -0.136. The van der Waals surface area contributed by atoms with Crippen molar-refractivity contribution < 1.29 is 48.1 Å². The molecule has 0 spiro atoms. The number of carbonyl (C=O) groups is 6. The van der Waals surface area contributed by atoms with E-state index in [1.54, 1.807) is 31.3 Å². The van der Waals surface area contributed by atoms with Crippen LogP contribution in [-0.2, 0) is 50.2 Å². The topological polar surface area (TPSA) is 200 Å². The van der Waals surface area contributed by atoms with Gasteiger partial charge in [-0.05, 0) is 177 Å². The zero-order valence-corrected chi connectivity index (χ0v) is 58.7. The predicted molar refractivity (Wildman–Crippen MR) is 375 cm³/mol. The van der Waals surface area contributed by atoms with Crippen molar-refractivity contribution in [3.63, 3.8) is 0 Å². The lowest BCUT2D eigenvalue weighted by atomic mass is 9.49. The summed E-state index contributed by atoms with van der Waals surface area (Å²) in [5.41, 5.74) is 5.28. The molecule has 94 heavy (non-hydrogen) atoms. The number of halogens is 1. The molecule has 8 saturated carbocycles. The number of amides is 4. The zero-order valence-electron chi connectivity index (χ0n) is 55.6. The van der Waals surface area contributed by atoms with Gasteiger partial charge in [0.05, 0.1) is 36.8 Å². The number of carboxylic acids is 1. The van der Waals surface area contributed by atoms with Crippen LogP contribution in [0, 0.1) is 46.3 Å². The van der Waals surface area contributed by atoms with Gasteiger partial charge in [0.1, 0.15) is 24.7 Å². The fraction of sp³-hybridized carbons (Fsp3) is 0.600. The van der Waals surface area contributed by atoms with Gasteiger partial charge in [-0.1, -0.05) is 99.7 Å². The van der Waals surface area contributed by atoms with Crippen LogP contribution in [0.5, 0.6) is 11.5 Å². The first-order chi connectivity index (χ1) is 45.6. The molecular formula is C75H101IN7O10P. The molecular weight excluding hydrogens is 1320 g/mol. The van der Waals surface area contributed by atoms with Crippen LogP contribution in [0.3, 0.4) is 0 Å². The Morgan fingerprint density at radius 3 is 1.29 bits per heavy atom. The van der Waals surface area contributed by atoms with Gasteiger partial charge in [-0.25, -0.2) is 9.59 Å².